The van der Waals surface area contributed by atoms with E-state index in [4.69, 9.17) is 5.73 Å². The number of nitrogens with one attached hydrogen (secondary N) is 1. The molecule has 0 aliphatic heterocycles. The van der Waals surface area contributed by atoms with Crippen LogP contribution in [0.5, 0.6) is 0 Å². The Labute approximate surface area is 119 Å². The number of aromatic nitrogens is 1. The van der Waals surface area contributed by atoms with Crippen LogP contribution in [0.3, 0.4) is 0 Å². The first-order chi connectivity index (χ1) is 9.97. The molecule has 0 saturated heterocycles. The smallest absolute Gasteiger partial charge is 0.195 e. The van der Waals surface area contributed by atoms with Crippen molar-refractivity contribution in [2.75, 3.05) is 5.73 Å². The average Bonchev–Trinajstić information content (AvgIpc) is 2.86. The zero-order valence-corrected chi connectivity index (χ0v) is 11.2. The van der Waals surface area contributed by atoms with Gasteiger partial charge in [0.25, 0.3) is 0 Å². The topological polar surface area (TPSA) is 58.9 Å². The molecular formula is C16H12F2N2O. The lowest BCUT2D eigenvalue weighted by Crippen LogP contribution is -2.04. The number of nitrogens with two attached hydrogens (primary N) is 1. The van der Waals surface area contributed by atoms with Crippen molar-refractivity contribution in [2.24, 2.45) is 0 Å². The summed E-state index contributed by atoms with van der Waals surface area (Å²) in [6.45, 7) is 1.54. The van der Waals surface area contributed by atoms with Gasteiger partial charge in [-0.1, -0.05) is 0 Å². The number of hydrogen-bond acceptors (Lipinski definition) is 2. The Morgan fingerprint density at radius 1 is 1.19 bits per heavy atom. The number of H-pyrrole nitrogens is 1. The molecule has 0 aliphatic rings. The highest BCUT2D eigenvalue weighted by atomic mass is 19.1. The van der Waals surface area contributed by atoms with E-state index in [0.717, 1.165) is 6.07 Å². The van der Waals surface area contributed by atoms with E-state index in [1.54, 1.807) is 13.0 Å². The third-order valence-electron chi connectivity index (χ3n) is 3.54. The summed E-state index contributed by atoms with van der Waals surface area (Å²) in [5.74, 6) is -1.38. The number of nitrogen functional groups attached to an aromatic ring is 1. The third kappa shape index (κ3) is 2.16. The van der Waals surface area contributed by atoms with Gasteiger partial charge in [0.1, 0.15) is 11.6 Å². The molecule has 0 fully saturated rings. The van der Waals surface area contributed by atoms with Gasteiger partial charge >= 0.3 is 0 Å². The van der Waals surface area contributed by atoms with Crippen LogP contribution >= 0.6 is 0 Å². The maximum Gasteiger partial charge on any atom is 0.195 e. The molecule has 1 aromatic heterocycles. The Kier molecular flexibility index (Phi) is 2.97. The summed E-state index contributed by atoms with van der Waals surface area (Å²) < 4.78 is 27.1. The Morgan fingerprint density at radius 3 is 2.67 bits per heavy atom. The fourth-order valence-corrected chi connectivity index (χ4v) is 2.27. The predicted octanol–water partition coefficient (Wildman–Crippen LogP) is 3.57. The number of anilines is 1. The van der Waals surface area contributed by atoms with Crippen molar-refractivity contribution in [3.05, 3.63) is 64.9 Å². The Morgan fingerprint density at radius 2 is 1.95 bits per heavy atom. The van der Waals surface area contributed by atoms with Crippen LogP contribution in [0, 0.1) is 18.6 Å². The van der Waals surface area contributed by atoms with E-state index in [1.807, 2.05) is 0 Å². The van der Waals surface area contributed by atoms with Crippen LogP contribution in [-0.2, 0) is 0 Å². The largest absolute Gasteiger partial charge is 0.398 e. The number of rotatable bonds is 2. The first-order valence-electron chi connectivity index (χ1n) is 6.34. The molecule has 1 heterocycles. The van der Waals surface area contributed by atoms with Crippen molar-refractivity contribution >= 4 is 22.4 Å². The Balaban J connectivity index is 2.15. The SMILES string of the molecule is Cc1c(N)cc(C(=O)c2c[nH]c3ccc(F)cc23)cc1F. The minimum absolute atomic E-state index is 0.140. The fraction of sp³-hybridized carbons (Fsp3) is 0.0625. The third-order valence-corrected chi connectivity index (χ3v) is 3.54. The van der Waals surface area contributed by atoms with Gasteiger partial charge in [-0.2, -0.15) is 0 Å². The van der Waals surface area contributed by atoms with Crippen molar-refractivity contribution in [1.29, 1.82) is 0 Å². The van der Waals surface area contributed by atoms with Crippen LogP contribution in [-0.4, -0.2) is 10.8 Å². The molecule has 0 radical (unpaired) electrons. The van der Waals surface area contributed by atoms with Crippen LogP contribution in [0.1, 0.15) is 21.5 Å². The molecule has 0 amide bonds. The summed E-state index contributed by atoms with van der Waals surface area (Å²) in [4.78, 5) is 15.4. The van der Waals surface area contributed by atoms with E-state index >= 15 is 0 Å². The maximum absolute atomic E-state index is 13.7. The van der Waals surface area contributed by atoms with E-state index in [1.165, 1.54) is 24.4 Å². The van der Waals surface area contributed by atoms with Crippen LogP contribution in [0.15, 0.2) is 36.5 Å². The van der Waals surface area contributed by atoms with Gasteiger partial charge in [0, 0.05) is 39.5 Å². The highest BCUT2D eigenvalue weighted by Gasteiger charge is 2.17. The fourth-order valence-electron chi connectivity index (χ4n) is 2.27. The number of carbonyl (C=O) groups is 1. The number of benzene rings is 2. The number of halogens is 2. The first-order valence-corrected chi connectivity index (χ1v) is 6.34. The van der Waals surface area contributed by atoms with E-state index in [2.05, 4.69) is 4.98 Å². The average molecular weight is 286 g/mol. The lowest BCUT2D eigenvalue weighted by molar-refractivity contribution is 0.104. The lowest BCUT2D eigenvalue weighted by atomic mass is 10.0. The number of ketones is 1. The van der Waals surface area contributed by atoms with Crippen LogP contribution in [0.2, 0.25) is 0 Å². The molecule has 0 saturated carbocycles. The van der Waals surface area contributed by atoms with Gasteiger partial charge in [-0.3, -0.25) is 4.79 Å². The van der Waals surface area contributed by atoms with E-state index in [0.29, 0.717) is 16.5 Å². The normalized spacial score (nSPS) is 11.0. The summed E-state index contributed by atoms with van der Waals surface area (Å²) in [6.07, 6.45) is 1.49. The van der Waals surface area contributed by atoms with Gasteiger partial charge in [0.05, 0.1) is 0 Å². The molecule has 0 aliphatic carbocycles. The van der Waals surface area contributed by atoms with E-state index in [9.17, 15) is 13.6 Å². The van der Waals surface area contributed by atoms with Gasteiger partial charge in [-0.05, 0) is 37.3 Å². The second-order valence-corrected chi connectivity index (χ2v) is 4.89. The summed E-state index contributed by atoms with van der Waals surface area (Å²) in [6, 6.07) is 6.69. The quantitative estimate of drug-likeness (QED) is 0.559. The second kappa shape index (κ2) is 4.70. The molecule has 0 bridgehead atoms. The molecule has 3 N–H and O–H groups in total. The summed E-state index contributed by atoms with van der Waals surface area (Å²) in [5.41, 5.74) is 7.27. The molecule has 0 spiro atoms. The molecule has 21 heavy (non-hydrogen) atoms. The molecule has 0 atom stereocenters. The molecule has 5 heteroatoms. The monoisotopic (exact) mass is 286 g/mol. The highest BCUT2D eigenvalue weighted by Crippen LogP contribution is 2.24. The van der Waals surface area contributed by atoms with Gasteiger partial charge in [-0.15, -0.1) is 0 Å². The minimum atomic E-state index is -0.538. The van der Waals surface area contributed by atoms with E-state index < -0.39 is 17.4 Å². The number of aromatic amines is 1. The Bertz CT molecular complexity index is 845. The van der Waals surface area contributed by atoms with E-state index in [-0.39, 0.29) is 16.8 Å². The molecule has 106 valence electrons. The summed E-state index contributed by atoms with van der Waals surface area (Å²) >= 11 is 0. The van der Waals surface area contributed by atoms with Crippen molar-refractivity contribution in [3.63, 3.8) is 0 Å². The second-order valence-electron chi connectivity index (χ2n) is 4.89. The van der Waals surface area contributed by atoms with Crippen molar-refractivity contribution in [1.82, 2.24) is 4.98 Å². The predicted molar refractivity (Wildman–Crippen MR) is 77.2 cm³/mol. The standard InChI is InChI=1S/C16H12F2N2O/c1-8-13(18)4-9(5-14(8)19)16(21)12-7-20-15-3-2-10(17)6-11(12)15/h2-7,20H,19H2,1H3. The van der Waals surface area contributed by atoms with Gasteiger partial charge in [0.15, 0.2) is 5.78 Å². The minimum Gasteiger partial charge on any atom is -0.398 e. The first kappa shape index (κ1) is 13.3. The molecular weight excluding hydrogens is 274 g/mol. The van der Waals surface area contributed by atoms with Crippen molar-refractivity contribution in [2.45, 2.75) is 6.92 Å². The molecule has 3 aromatic rings. The molecule has 0 unspecified atom stereocenters. The van der Waals surface area contributed by atoms with Crippen molar-refractivity contribution < 1.29 is 13.6 Å². The van der Waals surface area contributed by atoms with Gasteiger partial charge in [-0.25, -0.2) is 8.78 Å². The van der Waals surface area contributed by atoms with Crippen LogP contribution in [0.25, 0.3) is 10.9 Å². The van der Waals surface area contributed by atoms with Crippen LogP contribution in [0.4, 0.5) is 14.5 Å². The number of carbonyl (C=O) groups excluding carboxylic acids is 1. The molecule has 3 rings (SSSR count). The molecule has 3 nitrogen and oxygen atoms in total. The maximum atomic E-state index is 13.7. The van der Waals surface area contributed by atoms with Crippen molar-refractivity contribution in [3.8, 4) is 0 Å². The summed E-state index contributed by atoms with van der Waals surface area (Å²) in [7, 11) is 0. The lowest BCUT2D eigenvalue weighted by Gasteiger charge is -2.06. The zero-order valence-electron chi connectivity index (χ0n) is 11.2. The van der Waals surface area contributed by atoms with Gasteiger partial charge in [0.2, 0.25) is 0 Å². The van der Waals surface area contributed by atoms with Gasteiger partial charge < -0.3 is 10.7 Å². The number of fused-ring (bicyclic) bond motifs is 1. The number of hydrogen-bond donors (Lipinski definition) is 2. The Hall–Kier alpha value is -2.69. The summed E-state index contributed by atoms with van der Waals surface area (Å²) in [5, 5.41) is 0.458. The van der Waals surface area contributed by atoms with Crippen LogP contribution < -0.4 is 5.73 Å². The zero-order chi connectivity index (χ0) is 15.1. The molecule has 2 aromatic carbocycles. The highest BCUT2D eigenvalue weighted by molar-refractivity contribution is 6.16.